The smallest absolute Gasteiger partial charge is 0.251 e. The number of rotatable bonds is 5. The second kappa shape index (κ2) is 6.45. The van der Waals surface area contributed by atoms with Crippen LogP contribution in [0.5, 0.6) is 0 Å². The first-order chi connectivity index (χ1) is 9.13. The second-order valence-electron chi connectivity index (χ2n) is 4.83. The van der Waals surface area contributed by atoms with Crippen molar-refractivity contribution >= 4 is 17.2 Å². The number of nitrogens with zero attached hydrogens (tertiary/aromatic N) is 2. The van der Waals surface area contributed by atoms with Gasteiger partial charge in [-0.25, -0.2) is 4.98 Å². The van der Waals surface area contributed by atoms with Gasteiger partial charge >= 0.3 is 0 Å². The van der Waals surface area contributed by atoms with E-state index in [1.807, 2.05) is 6.20 Å². The van der Waals surface area contributed by atoms with Crippen LogP contribution in [0, 0.1) is 0 Å². The van der Waals surface area contributed by atoms with E-state index in [2.05, 4.69) is 11.9 Å². The number of carbonyl (C=O) groups is 1. The van der Waals surface area contributed by atoms with Gasteiger partial charge in [-0.1, -0.05) is 6.92 Å². The van der Waals surface area contributed by atoms with Crippen LogP contribution in [0.2, 0.25) is 0 Å². The van der Waals surface area contributed by atoms with Crippen molar-refractivity contribution in [2.24, 2.45) is 5.73 Å². The van der Waals surface area contributed by atoms with E-state index in [1.165, 1.54) is 4.88 Å². The summed E-state index contributed by atoms with van der Waals surface area (Å²) in [6.07, 6.45) is 4.22. The molecule has 19 heavy (non-hydrogen) atoms. The summed E-state index contributed by atoms with van der Waals surface area (Å²) in [7, 11) is 1.80. The highest BCUT2D eigenvalue weighted by Crippen LogP contribution is 2.21. The van der Waals surface area contributed by atoms with Crippen LogP contribution in [0.25, 0.3) is 0 Å². The van der Waals surface area contributed by atoms with Crippen LogP contribution >= 0.6 is 11.3 Å². The topological polar surface area (TPSA) is 68.5 Å². The molecule has 0 saturated carbocycles. The molecule has 2 atom stereocenters. The zero-order valence-electron chi connectivity index (χ0n) is 11.5. The van der Waals surface area contributed by atoms with Gasteiger partial charge in [0.05, 0.1) is 12.6 Å². The summed E-state index contributed by atoms with van der Waals surface area (Å²) in [6.45, 7) is 3.14. The fourth-order valence-electron chi connectivity index (χ4n) is 2.17. The lowest BCUT2D eigenvalue weighted by molar-refractivity contribution is -0.141. The first-order valence-electron chi connectivity index (χ1n) is 6.68. The van der Waals surface area contributed by atoms with E-state index >= 15 is 0 Å². The number of aryl methyl sites for hydroxylation is 1. The van der Waals surface area contributed by atoms with Crippen molar-refractivity contribution in [3.05, 3.63) is 16.1 Å². The highest BCUT2D eigenvalue weighted by atomic mass is 32.1. The normalized spacial score (nSPS) is 22.7. The third-order valence-corrected chi connectivity index (χ3v) is 4.47. The number of nitrogens with two attached hydrogens (primary N) is 1. The van der Waals surface area contributed by atoms with Crippen LogP contribution in [-0.4, -0.2) is 41.6 Å². The summed E-state index contributed by atoms with van der Waals surface area (Å²) in [5.74, 6) is 0.0317. The van der Waals surface area contributed by atoms with Crippen molar-refractivity contribution in [2.75, 3.05) is 13.6 Å². The highest BCUT2D eigenvalue weighted by Gasteiger charge is 2.31. The molecule has 1 amide bonds. The molecule has 0 spiro atoms. The lowest BCUT2D eigenvalue weighted by atomic mass is 10.2. The van der Waals surface area contributed by atoms with E-state index in [4.69, 9.17) is 10.5 Å². The zero-order valence-corrected chi connectivity index (χ0v) is 12.3. The Morgan fingerprint density at radius 3 is 3.00 bits per heavy atom. The van der Waals surface area contributed by atoms with Gasteiger partial charge in [-0.3, -0.25) is 4.79 Å². The fraction of sp³-hybridized carbons (Fsp3) is 0.692. The minimum absolute atomic E-state index is 0.0317. The minimum Gasteiger partial charge on any atom is -0.364 e. The monoisotopic (exact) mass is 283 g/mol. The van der Waals surface area contributed by atoms with Gasteiger partial charge in [0.1, 0.15) is 11.1 Å². The molecule has 6 heteroatoms. The Bertz CT molecular complexity index is 435. The summed E-state index contributed by atoms with van der Waals surface area (Å²) in [5, 5.41) is 0.973. The van der Waals surface area contributed by atoms with Crippen molar-refractivity contribution in [2.45, 2.75) is 44.9 Å². The van der Waals surface area contributed by atoms with Gasteiger partial charge in [-0.15, -0.1) is 11.3 Å². The Balaban J connectivity index is 1.89. The van der Waals surface area contributed by atoms with Crippen molar-refractivity contribution in [3.8, 4) is 0 Å². The van der Waals surface area contributed by atoms with Gasteiger partial charge in [0, 0.05) is 24.7 Å². The number of likely N-dealkylation sites (N-methyl/N-ethyl adjacent to an activating group) is 1. The van der Waals surface area contributed by atoms with E-state index in [-0.39, 0.29) is 18.1 Å². The number of ether oxygens (including phenoxy) is 1. The van der Waals surface area contributed by atoms with E-state index < -0.39 is 0 Å². The SMILES string of the molecule is CCc1cnc(CN(C)C(=O)[C@@H]2CC[C@H](CN)O2)s1. The van der Waals surface area contributed by atoms with Crippen LogP contribution in [-0.2, 0) is 22.5 Å². The van der Waals surface area contributed by atoms with Gasteiger partial charge < -0.3 is 15.4 Å². The maximum Gasteiger partial charge on any atom is 0.251 e. The lowest BCUT2D eigenvalue weighted by Crippen LogP contribution is -2.36. The standard InChI is InChI=1S/C13H21N3O2S/c1-3-10-7-15-12(19-10)8-16(2)13(17)11-5-4-9(6-14)18-11/h7,9,11H,3-6,8,14H2,1-2H3/t9-,11+/m1/s1. The van der Waals surface area contributed by atoms with Crippen molar-refractivity contribution in [3.63, 3.8) is 0 Å². The zero-order chi connectivity index (χ0) is 13.8. The molecule has 0 radical (unpaired) electrons. The number of amides is 1. The predicted octanol–water partition coefficient (Wildman–Crippen LogP) is 1.17. The van der Waals surface area contributed by atoms with Gasteiger partial charge in [0.2, 0.25) is 0 Å². The molecular weight excluding hydrogens is 262 g/mol. The first kappa shape index (κ1) is 14.4. The highest BCUT2D eigenvalue weighted by molar-refractivity contribution is 7.11. The number of carbonyl (C=O) groups excluding carboxylic acids is 1. The molecular formula is C13H21N3O2S. The Hall–Kier alpha value is -0.980. The van der Waals surface area contributed by atoms with Crippen molar-refractivity contribution < 1.29 is 9.53 Å². The molecule has 1 aromatic heterocycles. The molecule has 0 aromatic carbocycles. The molecule has 2 heterocycles. The molecule has 2 rings (SSSR count). The number of aromatic nitrogens is 1. The summed E-state index contributed by atoms with van der Waals surface area (Å²) in [4.78, 5) is 19.5. The fourth-order valence-corrected chi connectivity index (χ4v) is 3.09. The van der Waals surface area contributed by atoms with Crippen LogP contribution in [0.4, 0.5) is 0 Å². The molecule has 0 unspecified atom stereocenters. The molecule has 5 nitrogen and oxygen atoms in total. The molecule has 0 bridgehead atoms. The maximum atomic E-state index is 12.2. The van der Waals surface area contributed by atoms with Crippen LogP contribution < -0.4 is 5.73 Å². The Morgan fingerprint density at radius 1 is 1.63 bits per heavy atom. The summed E-state index contributed by atoms with van der Waals surface area (Å²) >= 11 is 1.66. The summed E-state index contributed by atoms with van der Waals surface area (Å²) in [5.41, 5.74) is 5.56. The van der Waals surface area contributed by atoms with Gasteiger partial charge in [0.15, 0.2) is 0 Å². The van der Waals surface area contributed by atoms with Crippen LogP contribution in [0.3, 0.4) is 0 Å². The third-order valence-electron chi connectivity index (χ3n) is 3.34. The maximum absolute atomic E-state index is 12.2. The summed E-state index contributed by atoms with van der Waals surface area (Å²) < 4.78 is 5.62. The molecule has 1 aromatic rings. The second-order valence-corrected chi connectivity index (χ2v) is 6.03. The van der Waals surface area contributed by atoms with Gasteiger partial charge in [0.25, 0.3) is 5.91 Å². The molecule has 2 N–H and O–H groups in total. The average Bonchev–Trinajstić information content (AvgIpc) is 3.06. The van der Waals surface area contributed by atoms with E-state index in [1.54, 1.807) is 23.3 Å². The van der Waals surface area contributed by atoms with Crippen LogP contribution in [0.1, 0.15) is 29.7 Å². The Morgan fingerprint density at radius 2 is 2.42 bits per heavy atom. The van der Waals surface area contributed by atoms with Crippen molar-refractivity contribution in [1.82, 2.24) is 9.88 Å². The predicted molar refractivity (Wildman–Crippen MR) is 74.9 cm³/mol. The summed E-state index contributed by atoms with van der Waals surface area (Å²) in [6, 6.07) is 0. The van der Waals surface area contributed by atoms with E-state index in [0.717, 1.165) is 24.3 Å². The quantitative estimate of drug-likeness (QED) is 0.881. The minimum atomic E-state index is -0.329. The molecule has 1 saturated heterocycles. The van der Waals surface area contributed by atoms with E-state index in [9.17, 15) is 4.79 Å². The molecule has 1 aliphatic rings. The molecule has 106 valence electrons. The van der Waals surface area contributed by atoms with E-state index in [0.29, 0.717) is 13.1 Å². The largest absolute Gasteiger partial charge is 0.364 e. The average molecular weight is 283 g/mol. The Kier molecular flexibility index (Phi) is 4.90. The number of thiazole rings is 1. The first-order valence-corrected chi connectivity index (χ1v) is 7.49. The van der Waals surface area contributed by atoms with Gasteiger partial charge in [-0.05, 0) is 19.3 Å². The Labute approximate surface area is 117 Å². The molecule has 1 aliphatic heterocycles. The number of hydrogen-bond acceptors (Lipinski definition) is 5. The molecule has 1 fully saturated rings. The third kappa shape index (κ3) is 3.52. The lowest BCUT2D eigenvalue weighted by Gasteiger charge is -2.20. The van der Waals surface area contributed by atoms with Gasteiger partial charge in [-0.2, -0.15) is 0 Å². The number of hydrogen-bond donors (Lipinski definition) is 1. The van der Waals surface area contributed by atoms with Crippen molar-refractivity contribution in [1.29, 1.82) is 0 Å². The molecule has 0 aliphatic carbocycles. The van der Waals surface area contributed by atoms with Crippen LogP contribution in [0.15, 0.2) is 6.20 Å².